The summed E-state index contributed by atoms with van der Waals surface area (Å²) in [6.45, 7) is 1.42. The fourth-order valence-electron chi connectivity index (χ4n) is 1.93. The number of amides is 1. The Morgan fingerprint density at radius 1 is 1.55 bits per heavy atom. The molecule has 0 aromatic heterocycles. The van der Waals surface area contributed by atoms with Gasteiger partial charge in [0.2, 0.25) is 5.72 Å². The summed E-state index contributed by atoms with van der Waals surface area (Å²) in [5, 5.41) is 23.6. The van der Waals surface area contributed by atoms with Gasteiger partial charge < -0.3 is 10.2 Å². The third kappa shape index (κ3) is 2.34. The Kier molecular flexibility index (Phi) is 3.66. The monoisotopic (exact) mass is 304 g/mol. The Balaban J connectivity index is 2.44. The van der Waals surface area contributed by atoms with Crippen molar-refractivity contribution in [2.45, 2.75) is 25.5 Å². The quantitative estimate of drug-likeness (QED) is 0.880. The van der Waals surface area contributed by atoms with Crippen LogP contribution in [0.5, 0.6) is 5.75 Å². The average Bonchev–Trinajstić information content (AvgIpc) is 2.68. The summed E-state index contributed by atoms with van der Waals surface area (Å²) in [5.74, 6) is -1.49. The number of halogens is 3. The normalized spacial score (nSPS) is 22.3. The van der Waals surface area contributed by atoms with Gasteiger partial charge in [-0.1, -0.05) is 11.6 Å². The molecule has 0 fully saturated rings. The standard InChI is InChI=1S/C12H11ClF2N2O3/c1-6-5-12(20,11(14)15)17(16-6)10(19)8-4-7(13)2-3-9(8)18/h2-4,11,18,20H,5H2,1H3. The maximum atomic E-state index is 13.0. The van der Waals surface area contributed by atoms with Crippen LogP contribution >= 0.6 is 11.6 Å². The number of rotatable bonds is 2. The molecule has 1 aromatic carbocycles. The van der Waals surface area contributed by atoms with Crippen LogP contribution < -0.4 is 0 Å². The summed E-state index contributed by atoms with van der Waals surface area (Å²) >= 11 is 5.70. The van der Waals surface area contributed by atoms with Gasteiger partial charge in [0.15, 0.2) is 0 Å². The van der Waals surface area contributed by atoms with Gasteiger partial charge in [-0.05, 0) is 25.1 Å². The Morgan fingerprint density at radius 2 is 2.20 bits per heavy atom. The number of aromatic hydroxyl groups is 1. The second-order valence-corrected chi connectivity index (χ2v) is 4.91. The molecule has 0 aliphatic carbocycles. The first-order valence-electron chi connectivity index (χ1n) is 5.63. The van der Waals surface area contributed by atoms with Crippen molar-refractivity contribution in [1.29, 1.82) is 0 Å². The molecule has 0 saturated carbocycles. The van der Waals surface area contributed by atoms with E-state index in [-0.39, 0.29) is 16.3 Å². The van der Waals surface area contributed by atoms with Crippen LogP contribution in [0.4, 0.5) is 8.78 Å². The number of phenols is 1. The van der Waals surface area contributed by atoms with Crippen LogP contribution in [0.1, 0.15) is 23.7 Å². The molecule has 0 bridgehead atoms. The fourth-order valence-corrected chi connectivity index (χ4v) is 2.10. The number of alkyl halides is 2. The fraction of sp³-hybridized carbons (Fsp3) is 0.333. The van der Waals surface area contributed by atoms with Crippen LogP contribution in [0.3, 0.4) is 0 Å². The first-order chi connectivity index (χ1) is 9.25. The van der Waals surface area contributed by atoms with E-state index in [1.54, 1.807) is 0 Å². The van der Waals surface area contributed by atoms with Gasteiger partial charge in [-0.3, -0.25) is 4.79 Å². The third-order valence-electron chi connectivity index (χ3n) is 2.88. The SMILES string of the molecule is CC1=NN(C(=O)c2cc(Cl)ccc2O)C(O)(C(F)F)C1. The maximum Gasteiger partial charge on any atom is 0.287 e. The molecule has 1 atom stereocenters. The molecule has 1 unspecified atom stereocenters. The highest BCUT2D eigenvalue weighted by molar-refractivity contribution is 6.31. The van der Waals surface area contributed by atoms with Gasteiger partial charge in [-0.2, -0.15) is 10.1 Å². The molecule has 20 heavy (non-hydrogen) atoms. The number of hydrogen-bond acceptors (Lipinski definition) is 4. The van der Waals surface area contributed by atoms with E-state index in [0.29, 0.717) is 5.01 Å². The lowest BCUT2D eigenvalue weighted by molar-refractivity contribution is -0.164. The zero-order valence-electron chi connectivity index (χ0n) is 10.3. The molecule has 1 heterocycles. The largest absolute Gasteiger partial charge is 0.507 e. The maximum absolute atomic E-state index is 13.0. The lowest BCUT2D eigenvalue weighted by Gasteiger charge is -2.30. The molecule has 2 N–H and O–H groups in total. The smallest absolute Gasteiger partial charge is 0.287 e. The summed E-state index contributed by atoms with van der Waals surface area (Å²) < 4.78 is 26.0. The van der Waals surface area contributed by atoms with Crippen molar-refractivity contribution in [3.05, 3.63) is 28.8 Å². The number of carbonyl (C=O) groups excluding carboxylic acids is 1. The Hall–Kier alpha value is -1.73. The van der Waals surface area contributed by atoms with E-state index in [1.165, 1.54) is 13.0 Å². The topological polar surface area (TPSA) is 73.1 Å². The molecule has 1 aliphatic rings. The van der Waals surface area contributed by atoms with Crippen LogP contribution in [0, 0.1) is 0 Å². The van der Waals surface area contributed by atoms with E-state index in [0.717, 1.165) is 12.1 Å². The van der Waals surface area contributed by atoms with E-state index in [9.17, 15) is 23.8 Å². The molecule has 1 amide bonds. The van der Waals surface area contributed by atoms with Crippen molar-refractivity contribution in [2.75, 3.05) is 0 Å². The van der Waals surface area contributed by atoms with Crippen molar-refractivity contribution in [2.24, 2.45) is 5.10 Å². The van der Waals surface area contributed by atoms with Crippen molar-refractivity contribution in [1.82, 2.24) is 5.01 Å². The molecule has 2 rings (SSSR count). The Bertz CT molecular complexity index is 594. The Labute approximate surface area is 118 Å². The molecule has 0 saturated heterocycles. The van der Waals surface area contributed by atoms with E-state index in [2.05, 4.69) is 5.10 Å². The number of nitrogens with zero attached hydrogens (tertiary/aromatic N) is 2. The molecular formula is C12H11ClF2N2O3. The van der Waals surface area contributed by atoms with Crippen molar-refractivity contribution in [3.63, 3.8) is 0 Å². The van der Waals surface area contributed by atoms with Crippen LogP contribution in [-0.2, 0) is 0 Å². The average molecular weight is 305 g/mol. The molecule has 0 spiro atoms. The number of benzene rings is 1. The van der Waals surface area contributed by atoms with Gasteiger partial charge in [0.1, 0.15) is 5.75 Å². The minimum absolute atomic E-state index is 0.145. The summed E-state index contributed by atoms with van der Waals surface area (Å²) in [5.41, 5.74) is -2.84. The molecular weight excluding hydrogens is 294 g/mol. The number of carbonyl (C=O) groups is 1. The predicted molar refractivity (Wildman–Crippen MR) is 68.0 cm³/mol. The van der Waals surface area contributed by atoms with Gasteiger partial charge in [0.05, 0.1) is 5.56 Å². The van der Waals surface area contributed by atoms with Crippen LogP contribution in [0.15, 0.2) is 23.3 Å². The first kappa shape index (κ1) is 14.7. The lowest BCUT2D eigenvalue weighted by atomic mass is 10.1. The number of hydrogen-bond donors (Lipinski definition) is 2. The van der Waals surface area contributed by atoms with E-state index in [1.807, 2.05) is 0 Å². The van der Waals surface area contributed by atoms with Crippen LogP contribution in [0.25, 0.3) is 0 Å². The molecule has 5 nitrogen and oxygen atoms in total. The molecule has 1 aliphatic heterocycles. The number of phenolic OH excluding ortho intramolecular Hbond substituents is 1. The zero-order valence-corrected chi connectivity index (χ0v) is 11.1. The predicted octanol–water partition coefficient (Wildman–Crippen LogP) is 2.22. The zero-order chi connectivity index (χ0) is 15.1. The van der Waals surface area contributed by atoms with E-state index in [4.69, 9.17) is 11.6 Å². The highest BCUT2D eigenvalue weighted by Crippen LogP contribution is 2.34. The minimum Gasteiger partial charge on any atom is -0.507 e. The number of hydrazone groups is 1. The molecule has 0 radical (unpaired) electrons. The number of aliphatic hydroxyl groups is 1. The van der Waals surface area contributed by atoms with Crippen LogP contribution in [0.2, 0.25) is 5.02 Å². The highest BCUT2D eigenvalue weighted by Gasteiger charge is 2.51. The first-order valence-corrected chi connectivity index (χ1v) is 6.01. The highest BCUT2D eigenvalue weighted by atomic mass is 35.5. The summed E-state index contributed by atoms with van der Waals surface area (Å²) in [4.78, 5) is 12.2. The third-order valence-corrected chi connectivity index (χ3v) is 3.12. The van der Waals surface area contributed by atoms with Gasteiger partial charge in [0, 0.05) is 17.2 Å². The van der Waals surface area contributed by atoms with Gasteiger partial charge in [-0.15, -0.1) is 0 Å². The molecule has 8 heteroatoms. The van der Waals surface area contributed by atoms with E-state index >= 15 is 0 Å². The lowest BCUT2D eigenvalue weighted by Crippen LogP contribution is -2.51. The van der Waals surface area contributed by atoms with Crippen molar-refractivity contribution >= 4 is 23.2 Å². The Morgan fingerprint density at radius 3 is 2.80 bits per heavy atom. The second-order valence-electron chi connectivity index (χ2n) is 4.47. The van der Waals surface area contributed by atoms with Gasteiger partial charge in [-0.25, -0.2) is 8.78 Å². The second kappa shape index (κ2) is 4.99. The summed E-state index contributed by atoms with van der Waals surface area (Å²) in [7, 11) is 0. The van der Waals surface area contributed by atoms with Crippen molar-refractivity contribution in [3.8, 4) is 5.75 Å². The molecule has 1 aromatic rings. The summed E-state index contributed by atoms with van der Waals surface area (Å²) in [6, 6.07) is 3.61. The van der Waals surface area contributed by atoms with E-state index < -0.39 is 30.2 Å². The summed E-state index contributed by atoms with van der Waals surface area (Å²) in [6.07, 6.45) is -3.66. The molecule has 108 valence electrons. The van der Waals surface area contributed by atoms with Gasteiger partial charge >= 0.3 is 0 Å². The minimum atomic E-state index is -3.20. The van der Waals surface area contributed by atoms with Crippen LogP contribution in [-0.4, -0.2) is 39.0 Å². The van der Waals surface area contributed by atoms with Gasteiger partial charge in [0.25, 0.3) is 12.3 Å². The van der Waals surface area contributed by atoms with Crippen molar-refractivity contribution < 1.29 is 23.8 Å².